The molecule has 5 heteroatoms. The topological polar surface area (TPSA) is 57.6 Å². The summed E-state index contributed by atoms with van der Waals surface area (Å²) < 4.78 is 14.3. The summed E-state index contributed by atoms with van der Waals surface area (Å²) in [6, 6.07) is 11.1. The van der Waals surface area contributed by atoms with Crippen LogP contribution in [-0.2, 0) is 0 Å². The van der Waals surface area contributed by atoms with Crippen LogP contribution in [0.3, 0.4) is 0 Å². The quantitative estimate of drug-likeness (QED) is 0.756. The van der Waals surface area contributed by atoms with Gasteiger partial charge in [0.05, 0.1) is 6.61 Å². The number of aliphatic hydroxyl groups is 1. The Morgan fingerprint density at radius 3 is 2.46 bits per heavy atom. The third-order valence-electron chi connectivity index (χ3n) is 5.71. The SMILES string of the molecule is CC(=O)c1ccc(F)c(-c2cccc(C(=O)N(C)CC3(CO)CCCC3)c2)c1. The zero-order valence-corrected chi connectivity index (χ0v) is 16.4. The molecular formula is C23H26FNO3. The van der Waals surface area contributed by atoms with Crippen LogP contribution >= 0.6 is 0 Å². The van der Waals surface area contributed by atoms with Crippen LogP contribution in [0.4, 0.5) is 4.39 Å². The number of benzene rings is 2. The second-order valence-corrected chi connectivity index (χ2v) is 7.86. The van der Waals surface area contributed by atoms with Crippen LogP contribution in [0.25, 0.3) is 11.1 Å². The molecule has 0 radical (unpaired) electrons. The van der Waals surface area contributed by atoms with Crippen LogP contribution in [-0.4, -0.2) is 41.9 Å². The van der Waals surface area contributed by atoms with Crippen molar-refractivity contribution >= 4 is 11.7 Å². The number of aliphatic hydroxyl groups excluding tert-OH is 1. The third kappa shape index (κ3) is 4.14. The molecule has 148 valence electrons. The molecule has 0 saturated heterocycles. The van der Waals surface area contributed by atoms with Gasteiger partial charge in [-0.1, -0.05) is 25.0 Å². The van der Waals surface area contributed by atoms with Crippen molar-refractivity contribution in [2.24, 2.45) is 5.41 Å². The van der Waals surface area contributed by atoms with E-state index in [1.54, 1.807) is 36.2 Å². The van der Waals surface area contributed by atoms with Crippen molar-refractivity contribution in [3.8, 4) is 11.1 Å². The average Bonchev–Trinajstić information content (AvgIpc) is 3.16. The molecule has 1 fully saturated rings. The molecule has 2 aromatic carbocycles. The molecule has 0 atom stereocenters. The Balaban J connectivity index is 1.86. The first kappa shape index (κ1) is 20.2. The first-order valence-electron chi connectivity index (χ1n) is 9.62. The van der Waals surface area contributed by atoms with Crippen molar-refractivity contribution in [1.82, 2.24) is 4.90 Å². The minimum Gasteiger partial charge on any atom is -0.396 e. The molecule has 1 amide bonds. The summed E-state index contributed by atoms with van der Waals surface area (Å²) in [5.41, 5.74) is 1.52. The van der Waals surface area contributed by atoms with Gasteiger partial charge in [0.1, 0.15) is 5.82 Å². The highest BCUT2D eigenvalue weighted by atomic mass is 19.1. The van der Waals surface area contributed by atoms with E-state index in [2.05, 4.69) is 0 Å². The maximum atomic E-state index is 14.3. The molecule has 1 aliphatic carbocycles. The number of halogens is 1. The lowest BCUT2D eigenvalue weighted by molar-refractivity contribution is 0.0595. The van der Waals surface area contributed by atoms with Gasteiger partial charge in [0.15, 0.2) is 5.78 Å². The standard InChI is InChI=1S/C23H26FNO3/c1-16(27)17-8-9-21(24)20(13-17)18-6-5-7-19(12-18)22(28)25(2)14-23(15-26)10-3-4-11-23/h5-9,12-13,26H,3-4,10-11,14-15H2,1-2H3. The van der Waals surface area contributed by atoms with Gasteiger partial charge >= 0.3 is 0 Å². The van der Waals surface area contributed by atoms with E-state index < -0.39 is 5.82 Å². The lowest BCUT2D eigenvalue weighted by atomic mass is 9.86. The number of hydrogen-bond acceptors (Lipinski definition) is 3. The Labute approximate surface area is 165 Å². The van der Waals surface area contributed by atoms with E-state index in [0.29, 0.717) is 28.8 Å². The van der Waals surface area contributed by atoms with E-state index in [9.17, 15) is 19.1 Å². The van der Waals surface area contributed by atoms with Gasteiger partial charge in [-0.05, 0) is 55.7 Å². The molecule has 28 heavy (non-hydrogen) atoms. The van der Waals surface area contributed by atoms with Gasteiger partial charge in [-0.2, -0.15) is 0 Å². The van der Waals surface area contributed by atoms with Crippen molar-refractivity contribution in [1.29, 1.82) is 0 Å². The van der Waals surface area contributed by atoms with E-state index >= 15 is 0 Å². The molecule has 0 aliphatic heterocycles. The maximum Gasteiger partial charge on any atom is 0.253 e. The van der Waals surface area contributed by atoms with Crippen LogP contribution in [0, 0.1) is 11.2 Å². The van der Waals surface area contributed by atoms with Crippen molar-refractivity contribution in [2.45, 2.75) is 32.6 Å². The lowest BCUT2D eigenvalue weighted by Crippen LogP contribution is -2.39. The molecule has 4 nitrogen and oxygen atoms in total. The Bertz CT molecular complexity index is 887. The van der Waals surface area contributed by atoms with Crippen molar-refractivity contribution < 1.29 is 19.1 Å². The number of nitrogens with zero attached hydrogens (tertiary/aromatic N) is 1. The molecule has 0 heterocycles. The van der Waals surface area contributed by atoms with E-state index in [4.69, 9.17) is 0 Å². The van der Waals surface area contributed by atoms with Gasteiger partial charge in [-0.25, -0.2) is 4.39 Å². The summed E-state index contributed by atoms with van der Waals surface area (Å²) in [6.45, 7) is 2.01. The number of ketones is 1. The van der Waals surface area contributed by atoms with E-state index in [-0.39, 0.29) is 23.7 Å². The number of rotatable bonds is 6. The molecule has 1 N–H and O–H groups in total. The van der Waals surface area contributed by atoms with Gasteiger partial charge in [-0.15, -0.1) is 0 Å². The van der Waals surface area contributed by atoms with Crippen molar-refractivity contribution in [3.63, 3.8) is 0 Å². The smallest absolute Gasteiger partial charge is 0.253 e. The predicted octanol–water partition coefficient (Wildman–Crippen LogP) is 4.32. The van der Waals surface area contributed by atoms with Crippen LogP contribution in [0.2, 0.25) is 0 Å². The molecule has 1 saturated carbocycles. The van der Waals surface area contributed by atoms with Crippen molar-refractivity contribution in [2.75, 3.05) is 20.2 Å². The first-order valence-corrected chi connectivity index (χ1v) is 9.62. The maximum absolute atomic E-state index is 14.3. The Morgan fingerprint density at radius 2 is 1.82 bits per heavy atom. The summed E-state index contributed by atoms with van der Waals surface area (Å²) in [4.78, 5) is 26.2. The zero-order chi connectivity index (χ0) is 20.3. The largest absolute Gasteiger partial charge is 0.396 e. The van der Waals surface area contributed by atoms with E-state index in [1.165, 1.54) is 25.1 Å². The summed E-state index contributed by atoms with van der Waals surface area (Å²) in [6.07, 6.45) is 3.99. The normalized spacial score (nSPS) is 15.4. The predicted molar refractivity (Wildman–Crippen MR) is 107 cm³/mol. The number of carbonyl (C=O) groups is 2. The molecule has 0 bridgehead atoms. The molecule has 3 rings (SSSR count). The minimum absolute atomic E-state index is 0.0771. The monoisotopic (exact) mass is 383 g/mol. The minimum atomic E-state index is -0.437. The summed E-state index contributed by atoms with van der Waals surface area (Å²) in [5, 5.41) is 9.80. The van der Waals surface area contributed by atoms with Crippen LogP contribution in [0.15, 0.2) is 42.5 Å². The van der Waals surface area contributed by atoms with Gasteiger partial charge < -0.3 is 10.0 Å². The van der Waals surface area contributed by atoms with Gasteiger partial charge in [0, 0.05) is 35.7 Å². The molecule has 1 aliphatic rings. The Kier molecular flexibility index (Phi) is 5.94. The highest BCUT2D eigenvalue weighted by molar-refractivity contribution is 5.97. The zero-order valence-electron chi connectivity index (χ0n) is 16.4. The highest BCUT2D eigenvalue weighted by Gasteiger charge is 2.35. The lowest BCUT2D eigenvalue weighted by Gasteiger charge is -2.32. The van der Waals surface area contributed by atoms with Crippen molar-refractivity contribution in [3.05, 3.63) is 59.4 Å². The number of hydrogen-bond donors (Lipinski definition) is 1. The van der Waals surface area contributed by atoms with Gasteiger partial charge in [0.2, 0.25) is 0 Å². The Hall–Kier alpha value is -2.53. The van der Waals surface area contributed by atoms with Crippen LogP contribution < -0.4 is 0 Å². The Morgan fingerprint density at radius 1 is 1.11 bits per heavy atom. The third-order valence-corrected chi connectivity index (χ3v) is 5.71. The van der Waals surface area contributed by atoms with Gasteiger partial charge in [0.25, 0.3) is 5.91 Å². The molecule has 0 aromatic heterocycles. The van der Waals surface area contributed by atoms with Crippen LogP contribution in [0.1, 0.15) is 53.3 Å². The first-order chi connectivity index (χ1) is 13.3. The highest BCUT2D eigenvalue weighted by Crippen LogP contribution is 2.38. The number of amides is 1. The summed E-state index contributed by atoms with van der Waals surface area (Å²) in [5.74, 6) is -0.739. The molecule has 0 unspecified atom stereocenters. The second kappa shape index (κ2) is 8.23. The fourth-order valence-electron chi connectivity index (χ4n) is 4.07. The fourth-order valence-corrected chi connectivity index (χ4v) is 4.07. The summed E-state index contributed by atoms with van der Waals surface area (Å²) >= 11 is 0. The fraction of sp³-hybridized carbons (Fsp3) is 0.391. The second-order valence-electron chi connectivity index (χ2n) is 7.86. The molecule has 0 spiro atoms. The summed E-state index contributed by atoms with van der Waals surface area (Å²) in [7, 11) is 1.74. The molecular weight excluding hydrogens is 357 g/mol. The number of carbonyl (C=O) groups excluding carboxylic acids is 2. The van der Waals surface area contributed by atoms with Gasteiger partial charge in [-0.3, -0.25) is 9.59 Å². The average molecular weight is 383 g/mol. The molecule has 2 aromatic rings. The van der Waals surface area contributed by atoms with E-state index in [0.717, 1.165) is 25.7 Å². The van der Waals surface area contributed by atoms with E-state index in [1.807, 2.05) is 0 Å². The number of Topliss-reactive ketones (excluding diaryl/α,β-unsaturated/α-hetero) is 1. The van der Waals surface area contributed by atoms with Crippen LogP contribution in [0.5, 0.6) is 0 Å².